The van der Waals surface area contributed by atoms with Gasteiger partial charge in [-0.1, -0.05) is 60.7 Å². The van der Waals surface area contributed by atoms with Gasteiger partial charge >= 0.3 is 5.63 Å². The standard InChI is InChI=1S/C22H15NO2/c24-22-20-16-10-4-6-12-18(16)23(14-15-8-2-1-3-9-15)21(20)17-11-5-7-13-19(17)25-22/h1-13H,14H2. The van der Waals surface area contributed by atoms with Crippen LogP contribution in [0.1, 0.15) is 5.56 Å². The van der Waals surface area contributed by atoms with Crippen LogP contribution in [0.5, 0.6) is 0 Å². The molecule has 0 bridgehead atoms. The summed E-state index contributed by atoms with van der Waals surface area (Å²) >= 11 is 0. The van der Waals surface area contributed by atoms with E-state index in [1.165, 1.54) is 5.56 Å². The highest BCUT2D eigenvalue weighted by Crippen LogP contribution is 2.32. The third-order valence-electron chi connectivity index (χ3n) is 4.70. The van der Waals surface area contributed by atoms with Crippen LogP contribution >= 0.6 is 0 Å². The molecule has 0 aliphatic heterocycles. The molecular formula is C22H15NO2. The van der Waals surface area contributed by atoms with Crippen LogP contribution in [0.2, 0.25) is 0 Å². The molecule has 3 nitrogen and oxygen atoms in total. The van der Waals surface area contributed by atoms with E-state index in [0.717, 1.165) is 21.8 Å². The molecule has 2 heterocycles. The number of hydrogen-bond acceptors (Lipinski definition) is 2. The Morgan fingerprint density at radius 3 is 2.28 bits per heavy atom. The second-order valence-corrected chi connectivity index (χ2v) is 6.20. The molecule has 0 aliphatic rings. The van der Waals surface area contributed by atoms with Gasteiger partial charge in [-0.3, -0.25) is 0 Å². The zero-order chi connectivity index (χ0) is 16.8. The molecule has 2 aromatic heterocycles. The summed E-state index contributed by atoms with van der Waals surface area (Å²) in [4.78, 5) is 12.7. The zero-order valence-electron chi connectivity index (χ0n) is 13.5. The van der Waals surface area contributed by atoms with Gasteiger partial charge in [-0.15, -0.1) is 0 Å². The molecule has 120 valence electrons. The molecule has 25 heavy (non-hydrogen) atoms. The Labute approximate surface area is 143 Å². The zero-order valence-corrected chi connectivity index (χ0v) is 13.5. The molecule has 0 radical (unpaired) electrons. The predicted molar refractivity (Wildman–Crippen MR) is 101 cm³/mol. The van der Waals surface area contributed by atoms with E-state index in [9.17, 15) is 4.79 Å². The Balaban J connectivity index is 1.98. The largest absolute Gasteiger partial charge is 0.422 e. The number of fused-ring (bicyclic) bond motifs is 5. The molecule has 3 aromatic carbocycles. The van der Waals surface area contributed by atoms with E-state index in [0.29, 0.717) is 17.5 Å². The van der Waals surface area contributed by atoms with E-state index >= 15 is 0 Å². The van der Waals surface area contributed by atoms with E-state index in [4.69, 9.17) is 4.42 Å². The first kappa shape index (κ1) is 14.1. The molecule has 0 aliphatic carbocycles. The lowest BCUT2D eigenvalue weighted by molar-refractivity contribution is 0.569. The van der Waals surface area contributed by atoms with Crippen LogP contribution in [0.15, 0.2) is 88.1 Å². The Morgan fingerprint density at radius 2 is 1.44 bits per heavy atom. The smallest absolute Gasteiger partial charge is 0.346 e. The summed E-state index contributed by atoms with van der Waals surface area (Å²) in [7, 11) is 0. The normalized spacial score (nSPS) is 11.5. The molecule has 5 aromatic rings. The SMILES string of the molecule is O=c1oc2ccccc2c2c1c1ccccc1n2Cc1ccccc1. The van der Waals surface area contributed by atoms with Gasteiger partial charge in [-0.05, 0) is 23.8 Å². The van der Waals surface area contributed by atoms with Gasteiger partial charge in [0.15, 0.2) is 0 Å². The minimum Gasteiger partial charge on any atom is -0.422 e. The van der Waals surface area contributed by atoms with Gasteiger partial charge in [0.25, 0.3) is 0 Å². The highest BCUT2D eigenvalue weighted by atomic mass is 16.4. The average molecular weight is 325 g/mol. The summed E-state index contributed by atoms with van der Waals surface area (Å²) in [6.07, 6.45) is 0. The molecule has 0 fully saturated rings. The minimum atomic E-state index is -0.281. The molecule has 3 heteroatoms. The second kappa shape index (κ2) is 5.35. The van der Waals surface area contributed by atoms with Crippen molar-refractivity contribution in [1.29, 1.82) is 0 Å². The van der Waals surface area contributed by atoms with Crippen molar-refractivity contribution in [1.82, 2.24) is 4.57 Å². The van der Waals surface area contributed by atoms with E-state index in [-0.39, 0.29) is 5.63 Å². The fourth-order valence-electron chi connectivity index (χ4n) is 3.62. The summed E-state index contributed by atoms with van der Waals surface area (Å²) in [5.74, 6) is 0. The van der Waals surface area contributed by atoms with Crippen molar-refractivity contribution in [3.8, 4) is 0 Å². The number of benzene rings is 3. The van der Waals surface area contributed by atoms with E-state index in [1.54, 1.807) is 0 Å². The van der Waals surface area contributed by atoms with Crippen molar-refractivity contribution in [3.05, 3.63) is 94.8 Å². The van der Waals surface area contributed by atoms with Crippen LogP contribution < -0.4 is 5.63 Å². The first-order valence-corrected chi connectivity index (χ1v) is 8.29. The second-order valence-electron chi connectivity index (χ2n) is 6.20. The maximum atomic E-state index is 12.7. The number of para-hydroxylation sites is 2. The fraction of sp³-hybridized carbons (Fsp3) is 0.0455. The number of nitrogens with zero attached hydrogens (tertiary/aromatic N) is 1. The Kier molecular flexibility index (Phi) is 3.01. The van der Waals surface area contributed by atoms with Gasteiger partial charge in [0.2, 0.25) is 0 Å². The van der Waals surface area contributed by atoms with Crippen molar-refractivity contribution in [2.24, 2.45) is 0 Å². The quantitative estimate of drug-likeness (QED) is 0.430. The molecule has 5 rings (SSSR count). The van der Waals surface area contributed by atoms with Crippen molar-refractivity contribution in [2.75, 3.05) is 0 Å². The summed E-state index contributed by atoms with van der Waals surface area (Å²) < 4.78 is 7.80. The minimum absolute atomic E-state index is 0.281. The third-order valence-corrected chi connectivity index (χ3v) is 4.70. The van der Waals surface area contributed by atoms with Crippen LogP contribution in [0.4, 0.5) is 0 Å². The van der Waals surface area contributed by atoms with Crippen LogP contribution in [-0.4, -0.2) is 4.57 Å². The monoisotopic (exact) mass is 325 g/mol. The first-order valence-electron chi connectivity index (χ1n) is 8.29. The summed E-state index contributed by atoms with van der Waals surface area (Å²) in [5, 5.41) is 2.56. The van der Waals surface area contributed by atoms with E-state index < -0.39 is 0 Å². The van der Waals surface area contributed by atoms with Crippen LogP contribution in [0.25, 0.3) is 32.8 Å². The third kappa shape index (κ3) is 2.09. The Bertz CT molecular complexity index is 1280. The van der Waals surface area contributed by atoms with Gasteiger partial charge in [0.1, 0.15) is 5.58 Å². The Morgan fingerprint density at radius 1 is 0.760 bits per heavy atom. The van der Waals surface area contributed by atoms with Crippen molar-refractivity contribution in [2.45, 2.75) is 6.54 Å². The first-order chi connectivity index (χ1) is 12.3. The predicted octanol–water partition coefficient (Wildman–Crippen LogP) is 4.95. The van der Waals surface area contributed by atoms with Gasteiger partial charge in [0.05, 0.1) is 10.9 Å². The number of hydrogen-bond donors (Lipinski definition) is 0. The lowest BCUT2D eigenvalue weighted by atomic mass is 10.1. The van der Waals surface area contributed by atoms with Crippen LogP contribution in [0.3, 0.4) is 0 Å². The fourth-order valence-corrected chi connectivity index (χ4v) is 3.62. The highest BCUT2D eigenvalue weighted by Gasteiger charge is 2.17. The summed E-state index contributed by atoms with van der Waals surface area (Å²) in [6.45, 7) is 0.707. The molecule has 0 unspecified atom stereocenters. The molecule has 0 saturated carbocycles. The van der Waals surface area contributed by atoms with Gasteiger partial charge in [0, 0.05) is 22.8 Å². The van der Waals surface area contributed by atoms with Crippen LogP contribution in [0, 0.1) is 0 Å². The highest BCUT2D eigenvalue weighted by molar-refractivity contribution is 6.15. The molecule has 0 spiro atoms. The summed E-state index contributed by atoms with van der Waals surface area (Å²) in [6, 6.07) is 26.1. The number of rotatable bonds is 2. The molecule has 0 N–H and O–H groups in total. The maximum Gasteiger partial charge on any atom is 0.346 e. The van der Waals surface area contributed by atoms with Crippen molar-refractivity contribution >= 4 is 32.8 Å². The lowest BCUT2D eigenvalue weighted by Crippen LogP contribution is -2.03. The Hall–Kier alpha value is -3.33. The summed E-state index contributed by atoms with van der Waals surface area (Å²) in [5.41, 5.74) is 3.53. The molecular weight excluding hydrogens is 310 g/mol. The molecule has 0 saturated heterocycles. The van der Waals surface area contributed by atoms with Crippen molar-refractivity contribution in [3.63, 3.8) is 0 Å². The van der Waals surface area contributed by atoms with Gasteiger partial charge in [-0.25, -0.2) is 4.79 Å². The van der Waals surface area contributed by atoms with Crippen molar-refractivity contribution < 1.29 is 4.42 Å². The van der Waals surface area contributed by atoms with Gasteiger partial charge < -0.3 is 8.98 Å². The molecule has 0 amide bonds. The molecule has 0 atom stereocenters. The number of aromatic nitrogens is 1. The lowest BCUT2D eigenvalue weighted by Gasteiger charge is -2.09. The average Bonchev–Trinajstić information content (AvgIpc) is 2.98. The van der Waals surface area contributed by atoms with Gasteiger partial charge in [-0.2, -0.15) is 0 Å². The van der Waals surface area contributed by atoms with Crippen LogP contribution in [-0.2, 0) is 6.54 Å². The maximum absolute atomic E-state index is 12.7. The van der Waals surface area contributed by atoms with E-state index in [2.05, 4.69) is 22.8 Å². The topological polar surface area (TPSA) is 35.1 Å². The van der Waals surface area contributed by atoms with E-state index in [1.807, 2.05) is 60.7 Å².